The molecule has 1 saturated heterocycles. The molecule has 0 amide bonds. The Morgan fingerprint density at radius 2 is 2.40 bits per heavy atom. The van der Waals surface area contributed by atoms with Crippen molar-refractivity contribution in [2.75, 3.05) is 20.1 Å². The molecule has 1 aliphatic heterocycles. The van der Waals surface area contributed by atoms with E-state index < -0.39 is 0 Å². The number of likely N-dealkylation sites (tertiary alicyclic amines) is 1. The summed E-state index contributed by atoms with van der Waals surface area (Å²) in [6, 6.07) is 0.547. The standard InChI is InChI=1S/C8H14N2/c1-9-7-8-5-3-4-6-10(8)2/h8H,3-7H2,2H3. The lowest BCUT2D eigenvalue weighted by Gasteiger charge is -2.28. The van der Waals surface area contributed by atoms with E-state index in [1.54, 1.807) is 0 Å². The Hall–Kier alpha value is -0.550. The zero-order valence-electron chi connectivity index (χ0n) is 6.51. The molecule has 2 nitrogen and oxygen atoms in total. The molecule has 1 aliphatic rings. The summed E-state index contributed by atoms with van der Waals surface area (Å²) in [4.78, 5) is 5.73. The summed E-state index contributed by atoms with van der Waals surface area (Å²) < 4.78 is 0. The molecule has 56 valence electrons. The molecule has 0 aromatic carbocycles. The average Bonchev–Trinajstić information content (AvgIpc) is 1.94. The second-order valence-electron chi connectivity index (χ2n) is 2.97. The highest BCUT2D eigenvalue weighted by molar-refractivity contribution is 4.80. The van der Waals surface area contributed by atoms with Gasteiger partial charge in [0.2, 0.25) is 6.54 Å². The lowest BCUT2D eigenvalue weighted by Crippen LogP contribution is -2.37. The fourth-order valence-electron chi connectivity index (χ4n) is 1.48. The summed E-state index contributed by atoms with van der Waals surface area (Å²) in [5, 5.41) is 0. The topological polar surface area (TPSA) is 7.60 Å². The van der Waals surface area contributed by atoms with Crippen LogP contribution in [0.5, 0.6) is 0 Å². The number of rotatable bonds is 1. The molecule has 0 bridgehead atoms. The average molecular weight is 138 g/mol. The van der Waals surface area contributed by atoms with Crippen LogP contribution in [0, 0.1) is 6.57 Å². The van der Waals surface area contributed by atoms with Crippen LogP contribution in [-0.2, 0) is 0 Å². The largest absolute Gasteiger partial charge is 0.315 e. The van der Waals surface area contributed by atoms with E-state index in [0.29, 0.717) is 12.6 Å². The van der Waals surface area contributed by atoms with Crippen molar-refractivity contribution >= 4 is 0 Å². The fourth-order valence-corrected chi connectivity index (χ4v) is 1.48. The van der Waals surface area contributed by atoms with E-state index in [2.05, 4.69) is 16.8 Å². The third-order valence-electron chi connectivity index (χ3n) is 2.22. The molecule has 1 fully saturated rings. The van der Waals surface area contributed by atoms with Gasteiger partial charge in [0.05, 0.1) is 6.04 Å². The third kappa shape index (κ3) is 1.71. The van der Waals surface area contributed by atoms with Crippen molar-refractivity contribution in [3.05, 3.63) is 11.4 Å². The quantitative estimate of drug-likeness (QED) is 0.497. The van der Waals surface area contributed by atoms with Crippen molar-refractivity contribution in [1.29, 1.82) is 0 Å². The molecule has 10 heavy (non-hydrogen) atoms. The van der Waals surface area contributed by atoms with Crippen molar-refractivity contribution in [1.82, 2.24) is 4.90 Å². The van der Waals surface area contributed by atoms with E-state index in [4.69, 9.17) is 6.57 Å². The Morgan fingerprint density at radius 1 is 1.60 bits per heavy atom. The predicted octanol–water partition coefficient (Wildman–Crippen LogP) is 1.39. The molecule has 0 aromatic rings. The number of hydrogen-bond acceptors (Lipinski definition) is 1. The molecule has 0 spiro atoms. The van der Waals surface area contributed by atoms with Crippen LogP contribution < -0.4 is 0 Å². The van der Waals surface area contributed by atoms with Crippen molar-refractivity contribution < 1.29 is 0 Å². The predicted molar refractivity (Wildman–Crippen MR) is 41.7 cm³/mol. The highest BCUT2D eigenvalue weighted by atomic mass is 15.1. The van der Waals surface area contributed by atoms with Crippen LogP contribution in [0.25, 0.3) is 4.85 Å². The molecule has 2 heteroatoms. The van der Waals surface area contributed by atoms with Crippen molar-refractivity contribution in [2.24, 2.45) is 0 Å². The molecule has 0 aromatic heterocycles. The molecule has 1 heterocycles. The van der Waals surface area contributed by atoms with Crippen LogP contribution >= 0.6 is 0 Å². The van der Waals surface area contributed by atoms with Crippen LogP contribution in [-0.4, -0.2) is 31.1 Å². The minimum atomic E-state index is 0.547. The number of likely N-dealkylation sites (N-methyl/N-ethyl adjacent to an activating group) is 1. The molecule has 1 unspecified atom stereocenters. The Bertz CT molecular complexity index is 137. The first kappa shape index (κ1) is 7.56. The summed E-state index contributed by atoms with van der Waals surface area (Å²) in [5.41, 5.74) is 0. The smallest absolute Gasteiger partial charge is 0.229 e. The van der Waals surface area contributed by atoms with Gasteiger partial charge in [-0.2, -0.15) is 0 Å². The fraction of sp³-hybridized carbons (Fsp3) is 0.875. The van der Waals surface area contributed by atoms with Crippen molar-refractivity contribution in [2.45, 2.75) is 25.3 Å². The Labute approximate surface area is 62.7 Å². The molecule has 0 aliphatic carbocycles. The minimum absolute atomic E-state index is 0.547. The summed E-state index contributed by atoms with van der Waals surface area (Å²) in [6.07, 6.45) is 3.84. The van der Waals surface area contributed by atoms with E-state index in [9.17, 15) is 0 Å². The molecule has 0 radical (unpaired) electrons. The number of hydrogen-bond donors (Lipinski definition) is 0. The van der Waals surface area contributed by atoms with Gasteiger partial charge in [-0.05, 0) is 26.4 Å². The third-order valence-corrected chi connectivity index (χ3v) is 2.22. The SMILES string of the molecule is [C-]#[N+]CC1CCCCN1C. The summed E-state index contributed by atoms with van der Waals surface area (Å²) in [5.74, 6) is 0. The van der Waals surface area contributed by atoms with Crippen molar-refractivity contribution in [3.8, 4) is 0 Å². The first-order chi connectivity index (χ1) is 4.84. The van der Waals surface area contributed by atoms with Crippen LogP contribution in [0.3, 0.4) is 0 Å². The highest BCUT2D eigenvalue weighted by Crippen LogP contribution is 2.14. The summed E-state index contributed by atoms with van der Waals surface area (Å²) in [6.45, 7) is 8.60. The van der Waals surface area contributed by atoms with Gasteiger partial charge >= 0.3 is 0 Å². The van der Waals surface area contributed by atoms with Gasteiger partial charge in [-0.1, -0.05) is 6.42 Å². The van der Waals surface area contributed by atoms with Gasteiger partial charge in [0.1, 0.15) is 0 Å². The normalized spacial score (nSPS) is 27.8. The maximum Gasteiger partial charge on any atom is 0.229 e. The maximum absolute atomic E-state index is 6.73. The minimum Gasteiger partial charge on any atom is -0.315 e. The summed E-state index contributed by atoms with van der Waals surface area (Å²) in [7, 11) is 2.12. The molecule has 0 N–H and O–H groups in total. The molecular weight excluding hydrogens is 124 g/mol. The van der Waals surface area contributed by atoms with Crippen LogP contribution in [0.1, 0.15) is 19.3 Å². The second-order valence-corrected chi connectivity index (χ2v) is 2.97. The van der Waals surface area contributed by atoms with E-state index in [1.165, 1.54) is 25.8 Å². The highest BCUT2D eigenvalue weighted by Gasteiger charge is 2.20. The van der Waals surface area contributed by atoms with E-state index in [-0.39, 0.29) is 0 Å². The van der Waals surface area contributed by atoms with Crippen LogP contribution in [0.4, 0.5) is 0 Å². The van der Waals surface area contributed by atoms with Gasteiger partial charge in [0.15, 0.2) is 0 Å². The van der Waals surface area contributed by atoms with Gasteiger partial charge in [-0.15, -0.1) is 0 Å². The molecule has 1 atom stereocenters. The van der Waals surface area contributed by atoms with Gasteiger partial charge in [-0.3, -0.25) is 4.90 Å². The van der Waals surface area contributed by atoms with E-state index in [0.717, 1.165) is 0 Å². The maximum atomic E-state index is 6.73. The second kappa shape index (κ2) is 3.58. The van der Waals surface area contributed by atoms with Crippen LogP contribution in [0.2, 0.25) is 0 Å². The molecular formula is C8H14N2. The Kier molecular flexibility index (Phi) is 2.70. The number of piperidine rings is 1. The van der Waals surface area contributed by atoms with Gasteiger partial charge in [0, 0.05) is 0 Å². The molecule has 0 saturated carbocycles. The Balaban J connectivity index is 2.34. The van der Waals surface area contributed by atoms with Crippen LogP contribution in [0.15, 0.2) is 0 Å². The summed E-state index contributed by atoms with van der Waals surface area (Å²) >= 11 is 0. The lowest BCUT2D eigenvalue weighted by atomic mass is 10.0. The monoisotopic (exact) mass is 138 g/mol. The van der Waals surface area contributed by atoms with E-state index >= 15 is 0 Å². The molecule has 1 rings (SSSR count). The van der Waals surface area contributed by atoms with Gasteiger partial charge in [0.25, 0.3) is 0 Å². The van der Waals surface area contributed by atoms with Gasteiger partial charge in [-0.25, -0.2) is 6.57 Å². The lowest BCUT2D eigenvalue weighted by molar-refractivity contribution is 0.197. The Morgan fingerprint density at radius 3 is 3.00 bits per heavy atom. The van der Waals surface area contributed by atoms with Gasteiger partial charge < -0.3 is 4.85 Å². The number of nitrogens with zero attached hydrogens (tertiary/aromatic N) is 2. The first-order valence-electron chi connectivity index (χ1n) is 3.88. The first-order valence-corrected chi connectivity index (χ1v) is 3.88. The van der Waals surface area contributed by atoms with E-state index in [1.807, 2.05) is 0 Å². The van der Waals surface area contributed by atoms with Crippen molar-refractivity contribution in [3.63, 3.8) is 0 Å². The zero-order chi connectivity index (χ0) is 7.40. The zero-order valence-corrected chi connectivity index (χ0v) is 6.51.